The van der Waals surface area contributed by atoms with E-state index in [0.29, 0.717) is 11.9 Å². The zero-order valence-corrected chi connectivity index (χ0v) is 15.9. The van der Waals surface area contributed by atoms with Gasteiger partial charge in [-0.15, -0.1) is 0 Å². The summed E-state index contributed by atoms with van der Waals surface area (Å²) < 4.78 is 0. The third kappa shape index (κ3) is 4.17. The molecule has 0 atom stereocenters. The van der Waals surface area contributed by atoms with E-state index in [1.165, 1.54) is 0 Å². The smallest absolute Gasteiger partial charge is 0.253 e. The number of amides is 1. The van der Waals surface area contributed by atoms with Crippen LogP contribution in [0.2, 0.25) is 0 Å². The molecule has 0 bridgehead atoms. The first-order valence-electron chi connectivity index (χ1n) is 9.56. The SMILES string of the molecule is Cc1ccc(Nc2nccc(C3CCN(C(=O)c4ccccc4)CC3)n2)nc1. The van der Waals surface area contributed by atoms with Crippen LogP contribution in [0.4, 0.5) is 11.8 Å². The number of benzene rings is 1. The van der Waals surface area contributed by atoms with E-state index in [-0.39, 0.29) is 5.91 Å². The van der Waals surface area contributed by atoms with Gasteiger partial charge in [0.05, 0.1) is 0 Å². The lowest BCUT2D eigenvalue weighted by molar-refractivity contribution is 0.0712. The molecule has 1 aliphatic rings. The van der Waals surface area contributed by atoms with Crippen LogP contribution in [0.3, 0.4) is 0 Å². The summed E-state index contributed by atoms with van der Waals surface area (Å²) in [6.07, 6.45) is 5.39. The van der Waals surface area contributed by atoms with Gasteiger partial charge < -0.3 is 10.2 Å². The van der Waals surface area contributed by atoms with Crippen molar-refractivity contribution in [2.45, 2.75) is 25.7 Å². The maximum absolute atomic E-state index is 12.6. The molecule has 0 spiro atoms. The average molecular weight is 373 g/mol. The Balaban J connectivity index is 1.39. The normalized spacial score (nSPS) is 14.7. The van der Waals surface area contributed by atoms with E-state index in [4.69, 9.17) is 0 Å². The molecule has 1 saturated heterocycles. The zero-order chi connectivity index (χ0) is 19.3. The molecule has 0 saturated carbocycles. The minimum Gasteiger partial charge on any atom is -0.339 e. The van der Waals surface area contributed by atoms with Crippen LogP contribution in [-0.2, 0) is 0 Å². The van der Waals surface area contributed by atoms with Crippen molar-refractivity contribution in [1.82, 2.24) is 19.9 Å². The molecule has 4 rings (SSSR count). The second kappa shape index (κ2) is 8.17. The Bertz CT molecular complexity index is 935. The standard InChI is InChI=1S/C22H23N5O/c1-16-7-8-20(24-15-16)26-22-23-12-9-19(25-22)17-10-13-27(14-11-17)21(28)18-5-3-2-4-6-18/h2-9,12,15,17H,10-11,13-14H2,1H3,(H,23,24,25,26). The summed E-state index contributed by atoms with van der Waals surface area (Å²) in [5.74, 6) is 1.71. The number of aryl methyl sites for hydroxylation is 1. The molecular weight excluding hydrogens is 350 g/mol. The van der Waals surface area contributed by atoms with Gasteiger partial charge in [-0.25, -0.2) is 15.0 Å². The predicted molar refractivity (Wildman–Crippen MR) is 109 cm³/mol. The van der Waals surface area contributed by atoms with Crippen LogP contribution in [0.5, 0.6) is 0 Å². The number of hydrogen-bond acceptors (Lipinski definition) is 5. The van der Waals surface area contributed by atoms with Crippen molar-refractivity contribution in [3.8, 4) is 0 Å². The molecular formula is C22H23N5O. The summed E-state index contributed by atoms with van der Waals surface area (Å²) in [6.45, 7) is 3.48. The highest BCUT2D eigenvalue weighted by Crippen LogP contribution is 2.28. The van der Waals surface area contributed by atoms with Crippen LogP contribution in [0.25, 0.3) is 0 Å². The maximum Gasteiger partial charge on any atom is 0.253 e. The van der Waals surface area contributed by atoms with Gasteiger partial charge in [0.1, 0.15) is 5.82 Å². The lowest BCUT2D eigenvalue weighted by atomic mass is 9.93. The largest absolute Gasteiger partial charge is 0.339 e. The van der Waals surface area contributed by atoms with Crippen LogP contribution in [0, 0.1) is 6.92 Å². The number of nitrogens with one attached hydrogen (secondary N) is 1. The fourth-order valence-corrected chi connectivity index (χ4v) is 3.46. The summed E-state index contributed by atoms with van der Waals surface area (Å²) in [6, 6.07) is 15.4. The Labute approximate surface area is 164 Å². The molecule has 3 aromatic rings. The number of likely N-dealkylation sites (tertiary alicyclic amines) is 1. The topological polar surface area (TPSA) is 71.0 Å². The summed E-state index contributed by atoms with van der Waals surface area (Å²) in [5, 5.41) is 3.16. The maximum atomic E-state index is 12.6. The van der Waals surface area contributed by atoms with E-state index in [1.807, 2.05) is 66.6 Å². The lowest BCUT2D eigenvalue weighted by Crippen LogP contribution is -2.38. The van der Waals surface area contributed by atoms with Gasteiger partial charge in [-0.05, 0) is 49.6 Å². The minimum absolute atomic E-state index is 0.106. The number of aromatic nitrogens is 3. The first-order chi connectivity index (χ1) is 13.7. The van der Waals surface area contributed by atoms with Crippen molar-refractivity contribution >= 4 is 17.7 Å². The number of piperidine rings is 1. The fourth-order valence-electron chi connectivity index (χ4n) is 3.46. The van der Waals surface area contributed by atoms with E-state index < -0.39 is 0 Å². The summed E-state index contributed by atoms with van der Waals surface area (Å²) in [4.78, 5) is 27.9. The molecule has 1 N–H and O–H groups in total. The first kappa shape index (κ1) is 18.1. The van der Waals surface area contributed by atoms with E-state index in [2.05, 4.69) is 20.3 Å². The van der Waals surface area contributed by atoms with E-state index in [9.17, 15) is 4.79 Å². The predicted octanol–water partition coefficient (Wildman–Crippen LogP) is 3.94. The number of nitrogens with zero attached hydrogens (tertiary/aromatic N) is 4. The Morgan fingerprint density at radius 2 is 1.82 bits per heavy atom. The number of carbonyl (C=O) groups is 1. The molecule has 1 amide bonds. The van der Waals surface area contributed by atoms with Gasteiger partial charge in [0.15, 0.2) is 0 Å². The van der Waals surface area contributed by atoms with Crippen molar-refractivity contribution in [2.75, 3.05) is 18.4 Å². The molecule has 1 aromatic carbocycles. The van der Waals surface area contributed by atoms with E-state index in [1.54, 1.807) is 6.20 Å². The zero-order valence-electron chi connectivity index (χ0n) is 15.9. The van der Waals surface area contributed by atoms with Crippen molar-refractivity contribution in [3.05, 3.63) is 77.7 Å². The molecule has 0 unspecified atom stereocenters. The van der Waals surface area contributed by atoms with E-state index >= 15 is 0 Å². The number of anilines is 2. The van der Waals surface area contributed by atoms with Crippen LogP contribution < -0.4 is 5.32 Å². The van der Waals surface area contributed by atoms with Gasteiger partial charge in [-0.3, -0.25) is 4.79 Å². The summed E-state index contributed by atoms with van der Waals surface area (Å²) in [5.41, 5.74) is 2.87. The molecule has 1 fully saturated rings. The second-order valence-corrected chi connectivity index (χ2v) is 7.08. The summed E-state index contributed by atoms with van der Waals surface area (Å²) >= 11 is 0. The second-order valence-electron chi connectivity index (χ2n) is 7.08. The molecule has 3 heterocycles. The van der Waals surface area contributed by atoms with Crippen molar-refractivity contribution in [3.63, 3.8) is 0 Å². The lowest BCUT2D eigenvalue weighted by Gasteiger charge is -2.31. The highest BCUT2D eigenvalue weighted by atomic mass is 16.2. The van der Waals surface area contributed by atoms with E-state index in [0.717, 1.165) is 48.6 Å². The number of hydrogen-bond donors (Lipinski definition) is 1. The van der Waals surface area contributed by atoms with Crippen molar-refractivity contribution in [2.24, 2.45) is 0 Å². The van der Waals surface area contributed by atoms with Crippen LogP contribution >= 0.6 is 0 Å². The van der Waals surface area contributed by atoms with Gasteiger partial charge in [0, 0.05) is 42.7 Å². The van der Waals surface area contributed by atoms with Gasteiger partial charge in [-0.2, -0.15) is 0 Å². The molecule has 6 heteroatoms. The average Bonchev–Trinajstić information content (AvgIpc) is 2.76. The first-order valence-corrected chi connectivity index (χ1v) is 9.56. The Morgan fingerprint density at radius 3 is 2.54 bits per heavy atom. The molecule has 142 valence electrons. The molecule has 2 aromatic heterocycles. The third-order valence-electron chi connectivity index (χ3n) is 5.05. The third-order valence-corrected chi connectivity index (χ3v) is 5.05. The Kier molecular flexibility index (Phi) is 5.28. The minimum atomic E-state index is 0.106. The Morgan fingerprint density at radius 1 is 1.04 bits per heavy atom. The van der Waals surface area contributed by atoms with Crippen LogP contribution in [-0.4, -0.2) is 38.8 Å². The van der Waals surface area contributed by atoms with Crippen molar-refractivity contribution < 1.29 is 4.79 Å². The van der Waals surface area contributed by atoms with Gasteiger partial charge in [0.25, 0.3) is 5.91 Å². The van der Waals surface area contributed by atoms with Crippen molar-refractivity contribution in [1.29, 1.82) is 0 Å². The Hall–Kier alpha value is -3.28. The monoisotopic (exact) mass is 373 g/mol. The molecule has 28 heavy (non-hydrogen) atoms. The number of pyridine rings is 1. The number of rotatable bonds is 4. The molecule has 1 aliphatic heterocycles. The van der Waals surface area contributed by atoms with Crippen LogP contribution in [0.1, 0.15) is 40.4 Å². The fraction of sp³-hybridized carbons (Fsp3) is 0.273. The quantitative estimate of drug-likeness (QED) is 0.750. The highest BCUT2D eigenvalue weighted by molar-refractivity contribution is 5.94. The highest BCUT2D eigenvalue weighted by Gasteiger charge is 2.25. The number of carbonyl (C=O) groups excluding carboxylic acids is 1. The molecule has 0 radical (unpaired) electrons. The van der Waals surface area contributed by atoms with Gasteiger partial charge in [-0.1, -0.05) is 24.3 Å². The van der Waals surface area contributed by atoms with Gasteiger partial charge >= 0.3 is 0 Å². The van der Waals surface area contributed by atoms with Crippen LogP contribution in [0.15, 0.2) is 60.9 Å². The summed E-state index contributed by atoms with van der Waals surface area (Å²) in [7, 11) is 0. The molecule has 0 aliphatic carbocycles. The molecule has 6 nitrogen and oxygen atoms in total. The van der Waals surface area contributed by atoms with Gasteiger partial charge in [0.2, 0.25) is 5.95 Å².